The Kier molecular flexibility index (Phi) is 5.85. The van der Waals surface area contributed by atoms with Crippen molar-refractivity contribution in [2.75, 3.05) is 0 Å². The molecule has 0 spiro atoms. The van der Waals surface area contributed by atoms with Crippen LogP contribution in [0.4, 0.5) is 0 Å². The lowest BCUT2D eigenvalue weighted by molar-refractivity contribution is 0.478. The van der Waals surface area contributed by atoms with Gasteiger partial charge >= 0.3 is 0 Å². The van der Waals surface area contributed by atoms with Crippen LogP contribution in [-0.4, -0.2) is 6.04 Å². The van der Waals surface area contributed by atoms with Gasteiger partial charge in [0.05, 0.1) is 4.47 Å². The molecule has 2 N–H and O–H groups in total. The molecule has 0 heterocycles. The van der Waals surface area contributed by atoms with Crippen LogP contribution >= 0.6 is 31.9 Å². The normalized spacial score (nSPS) is 12.2. The number of rotatable bonds is 5. The predicted molar refractivity (Wildman–Crippen MR) is 95.1 cm³/mol. The second-order valence-corrected chi connectivity index (χ2v) is 6.86. The zero-order valence-electron chi connectivity index (χ0n) is 12.2. The van der Waals surface area contributed by atoms with E-state index in [-0.39, 0.29) is 6.04 Å². The molecule has 2 rings (SSSR count). The van der Waals surface area contributed by atoms with Gasteiger partial charge in [-0.3, -0.25) is 0 Å². The van der Waals surface area contributed by atoms with E-state index in [1.54, 1.807) is 0 Å². The fourth-order valence-corrected chi connectivity index (χ4v) is 2.76. The zero-order valence-corrected chi connectivity index (χ0v) is 15.4. The third-order valence-electron chi connectivity index (χ3n) is 3.38. The van der Waals surface area contributed by atoms with E-state index in [2.05, 4.69) is 50.9 Å². The van der Waals surface area contributed by atoms with Crippen molar-refractivity contribution in [1.82, 2.24) is 0 Å². The molecule has 0 radical (unpaired) electrons. The number of hydrogen-bond donors (Lipinski definition) is 1. The molecule has 2 aromatic rings. The van der Waals surface area contributed by atoms with Crippen molar-refractivity contribution in [3.05, 3.63) is 56.5 Å². The lowest BCUT2D eigenvalue weighted by atomic mass is 10.0. The lowest BCUT2D eigenvalue weighted by Crippen LogP contribution is -2.21. The van der Waals surface area contributed by atoms with Crippen molar-refractivity contribution in [3.8, 4) is 11.5 Å². The number of hydrogen-bond acceptors (Lipinski definition) is 2. The molecule has 4 heteroatoms. The van der Waals surface area contributed by atoms with Crippen molar-refractivity contribution >= 4 is 31.9 Å². The molecule has 0 bridgehead atoms. The fourth-order valence-electron chi connectivity index (χ4n) is 2.01. The molecule has 112 valence electrons. The molecule has 21 heavy (non-hydrogen) atoms. The number of ether oxygens (including phenoxy) is 1. The molecule has 0 saturated heterocycles. The fraction of sp³-hybridized carbons (Fsp3) is 0.294. The maximum Gasteiger partial charge on any atom is 0.141 e. The van der Waals surface area contributed by atoms with E-state index < -0.39 is 0 Å². The highest BCUT2D eigenvalue weighted by Crippen LogP contribution is 2.32. The average molecular weight is 413 g/mol. The Bertz CT molecular complexity index is 628. The highest BCUT2D eigenvalue weighted by molar-refractivity contribution is 9.10. The second kappa shape index (κ2) is 7.43. The molecular formula is C17H19Br2NO. The molecule has 1 atom stereocenters. The summed E-state index contributed by atoms with van der Waals surface area (Å²) in [4.78, 5) is 0. The summed E-state index contributed by atoms with van der Waals surface area (Å²) in [5.74, 6) is 1.64. The molecule has 1 unspecified atom stereocenters. The van der Waals surface area contributed by atoms with Gasteiger partial charge in [0.1, 0.15) is 11.5 Å². The Morgan fingerprint density at radius 2 is 1.86 bits per heavy atom. The first-order valence-electron chi connectivity index (χ1n) is 6.97. The van der Waals surface area contributed by atoms with Gasteiger partial charge in [0, 0.05) is 10.5 Å². The summed E-state index contributed by atoms with van der Waals surface area (Å²) in [5, 5.41) is 0. The monoisotopic (exact) mass is 411 g/mol. The summed E-state index contributed by atoms with van der Waals surface area (Å²) >= 11 is 7.07. The summed E-state index contributed by atoms with van der Waals surface area (Å²) in [6, 6.07) is 12.3. The molecule has 0 saturated carbocycles. The zero-order chi connectivity index (χ0) is 15.4. The molecular weight excluding hydrogens is 394 g/mol. The minimum atomic E-state index is 0.206. The van der Waals surface area contributed by atoms with Gasteiger partial charge < -0.3 is 10.5 Å². The van der Waals surface area contributed by atoms with Crippen LogP contribution in [0, 0.1) is 6.92 Å². The van der Waals surface area contributed by atoms with E-state index in [1.165, 1.54) is 5.56 Å². The predicted octanol–water partition coefficient (Wildman–Crippen LogP) is 5.59. The standard InChI is InChI=1S/C17H19Br2NO/c1-3-13(20)9-12-4-7-17(16(19)10-12)21-14-5-6-15(18)11(2)8-14/h4-8,10,13H,3,9,20H2,1-2H3. The van der Waals surface area contributed by atoms with Gasteiger partial charge in [0.25, 0.3) is 0 Å². The molecule has 0 aliphatic carbocycles. The molecule has 0 aromatic heterocycles. The van der Waals surface area contributed by atoms with Crippen LogP contribution in [0.3, 0.4) is 0 Å². The maximum absolute atomic E-state index is 6.00. The van der Waals surface area contributed by atoms with Gasteiger partial charge in [-0.25, -0.2) is 0 Å². The quantitative estimate of drug-likeness (QED) is 0.694. The Morgan fingerprint density at radius 1 is 1.10 bits per heavy atom. The highest BCUT2D eigenvalue weighted by Gasteiger charge is 2.07. The number of benzene rings is 2. The van der Waals surface area contributed by atoms with Crippen LogP contribution in [0.15, 0.2) is 45.3 Å². The van der Waals surface area contributed by atoms with Crippen LogP contribution in [0.2, 0.25) is 0 Å². The van der Waals surface area contributed by atoms with Gasteiger partial charge in [0.15, 0.2) is 0 Å². The Labute approximate surface area is 143 Å². The van der Waals surface area contributed by atoms with E-state index >= 15 is 0 Å². The molecule has 0 aliphatic rings. The smallest absolute Gasteiger partial charge is 0.141 e. The van der Waals surface area contributed by atoms with Gasteiger partial charge in [-0.05, 0) is 77.2 Å². The van der Waals surface area contributed by atoms with E-state index in [0.29, 0.717) is 0 Å². The SMILES string of the molecule is CCC(N)Cc1ccc(Oc2ccc(Br)c(C)c2)c(Br)c1. The van der Waals surface area contributed by atoms with Gasteiger partial charge in [0.2, 0.25) is 0 Å². The lowest BCUT2D eigenvalue weighted by Gasteiger charge is -2.12. The topological polar surface area (TPSA) is 35.2 Å². The first kappa shape index (κ1) is 16.5. The van der Waals surface area contributed by atoms with Crippen molar-refractivity contribution < 1.29 is 4.74 Å². The summed E-state index contributed by atoms with van der Waals surface area (Å²) in [7, 11) is 0. The second-order valence-electron chi connectivity index (χ2n) is 5.15. The van der Waals surface area contributed by atoms with Crippen LogP contribution in [0.5, 0.6) is 11.5 Å². The highest BCUT2D eigenvalue weighted by atomic mass is 79.9. The summed E-state index contributed by atoms with van der Waals surface area (Å²) < 4.78 is 7.96. The number of halogens is 2. The third kappa shape index (κ3) is 4.56. The third-order valence-corrected chi connectivity index (χ3v) is 4.89. The summed E-state index contributed by atoms with van der Waals surface area (Å²) in [6.07, 6.45) is 1.86. The maximum atomic E-state index is 6.00. The molecule has 2 nitrogen and oxygen atoms in total. The average Bonchev–Trinajstić information content (AvgIpc) is 2.45. The van der Waals surface area contributed by atoms with Crippen LogP contribution in [-0.2, 0) is 6.42 Å². The van der Waals surface area contributed by atoms with Crippen molar-refractivity contribution in [2.24, 2.45) is 5.73 Å². The van der Waals surface area contributed by atoms with Crippen LogP contribution in [0.1, 0.15) is 24.5 Å². The molecule has 0 aliphatic heterocycles. The first-order valence-corrected chi connectivity index (χ1v) is 8.56. The van der Waals surface area contributed by atoms with Gasteiger partial charge in [-0.15, -0.1) is 0 Å². The van der Waals surface area contributed by atoms with Crippen LogP contribution < -0.4 is 10.5 Å². The van der Waals surface area contributed by atoms with Crippen LogP contribution in [0.25, 0.3) is 0 Å². The van der Waals surface area contributed by atoms with E-state index in [1.807, 2.05) is 31.2 Å². The molecule has 0 amide bonds. The Hall–Kier alpha value is -0.840. The number of nitrogens with two attached hydrogens (primary N) is 1. The first-order chi connectivity index (χ1) is 9.99. The largest absolute Gasteiger partial charge is 0.456 e. The Morgan fingerprint density at radius 3 is 2.48 bits per heavy atom. The van der Waals surface area contributed by atoms with Gasteiger partial charge in [-0.1, -0.05) is 28.9 Å². The van der Waals surface area contributed by atoms with Gasteiger partial charge in [-0.2, -0.15) is 0 Å². The van der Waals surface area contributed by atoms with E-state index in [9.17, 15) is 0 Å². The number of aryl methyl sites for hydroxylation is 1. The molecule has 0 fully saturated rings. The van der Waals surface area contributed by atoms with Crippen molar-refractivity contribution in [1.29, 1.82) is 0 Å². The van der Waals surface area contributed by atoms with E-state index in [4.69, 9.17) is 10.5 Å². The Balaban J connectivity index is 2.15. The van der Waals surface area contributed by atoms with E-state index in [0.717, 1.165) is 38.8 Å². The summed E-state index contributed by atoms with van der Waals surface area (Å²) in [6.45, 7) is 4.15. The van der Waals surface area contributed by atoms with Crippen molar-refractivity contribution in [3.63, 3.8) is 0 Å². The minimum Gasteiger partial charge on any atom is -0.456 e. The summed E-state index contributed by atoms with van der Waals surface area (Å²) in [5.41, 5.74) is 8.36. The minimum absolute atomic E-state index is 0.206. The molecule has 2 aromatic carbocycles. The van der Waals surface area contributed by atoms with Crippen molar-refractivity contribution in [2.45, 2.75) is 32.7 Å².